The van der Waals surface area contributed by atoms with Crippen LogP contribution in [0.2, 0.25) is 5.02 Å². The van der Waals surface area contributed by atoms with E-state index in [4.69, 9.17) is 26.2 Å². The number of benzene rings is 2. The normalized spacial score (nSPS) is 11.1. The zero-order valence-electron chi connectivity index (χ0n) is 13.1. The molecule has 0 aliphatic carbocycles. The minimum atomic E-state index is -0.826. The summed E-state index contributed by atoms with van der Waals surface area (Å²) in [7, 11) is 0. The number of aliphatic carboxylic acids is 1. The Hall–Kier alpha value is -2.20. The van der Waals surface area contributed by atoms with Gasteiger partial charge in [0.25, 0.3) is 0 Å². The second-order valence-electron chi connectivity index (χ2n) is 5.81. The highest BCUT2D eigenvalue weighted by molar-refractivity contribution is 6.30. The highest BCUT2D eigenvalue weighted by atomic mass is 35.5. The van der Waals surface area contributed by atoms with E-state index < -0.39 is 11.4 Å². The molecule has 0 unspecified atom stereocenters. The van der Waals surface area contributed by atoms with Crippen molar-refractivity contribution < 1.29 is 19.4 Å². The van der Waals surface area contributed by atoms with E-state index in [0.29, 0.717) is 35.3 Å². The molecule has 1 N–H and O–H groups in total. The third kappa shape index (κ3) is 5.18. The molecule has 0 aliphatic heterocycles. The van der Waals surface area contributed by atoms with Crippen molar-refractivity contribution >= 4 is 17.6 Å². The predicted octanol–water partition coefficient (Wildman–Crippen LogP) is 5.01. The Morgan fingerprint density at radius 2 is 1.48 bits per heavy atom. The van der Waals surface area contributed by atoms with Gasteiger partial charge in [0.05, 0.1) is 12.0 Å². The maximum atomic E-state index is 11.0. The molecule has 0 saturated heterocycles. The number of rotatable bonds is 7. The van der Waals surface area contributed by atoms with Gasteiger partial charge in [0, 0.05) is 5.02 Å². The third-order valence-corrected chi connectivity index (χ3v) is 3.70. The van der Waals surface area contributed by atoms with Crippen LogP contribution in [0.5, 0.6) is 17.2 Å². The van der Waals surface area contributed by atoms with Gasteiger partial charge in [0.15, 0.2) is 0 Å². The number of halogens is 1. The molecule has 2 rings (SSSR count). The number of carboxylic acids is 1. The molecule has 4 nitrogen and oxygen atoms in total. The first-order valence-corrected chi connectivity index (χ1v) is 7.64. The van der Waals surface area contributed by atoms with Crippen LogP contribution >= 0.6 is 11.6 Å². The van der Waals surface area contributed by atoms with Crippen LogP contribution in [-0.2, 0) is 4.79 Å². The molecule has 0 aliphatic rings. The first-order valence-electron chi connectivity index (χ1n) is 7.26. The van der Waals surface area contributed by atoms with E-state index in [0.717, 1.165) is 0 Å². The number of carbonyl (C=O) groups is 1. The number of hydrogen-bond acceptors (Lipinski definition) is 3. The van der Waals surface area contributed by atoms with Crippen molar-refractivity contribution in [3.8, 4) is 17.2 Å². The lowest BCUT2D eigenvalue weighted by molar-refractivity contribution is -0.147. The second-order valence-corrected chi connectivity index (χ2v) is 6.25. The number of ether oxygens (including phenoxy) is 2. The summed E-state index contributed by atoms with van der Waals surface area (Å²) in [6, 6.07) is 14.3. The Balaban J connectivity index is 1.87. The minimum Gasteiger partial charge on any atom is -0.494 e. The molecule has 0 heterocycles. The second kappa shape index (κ2) is 7.38. The largest absolute Gasteiger partial charge is 0.494 e. The fraction of sp³-hybridized carbons (Fsp3) is 0.278. The Morgan fingerprint density at radius 1 is 1.00 bits per heavy atom. The maximum absolute atomic E-state index is 11.0. The van der Waals surface area contributed by atoms with Gasteiger partial charge in [-0.3, -0.25) is 4.79 Å². The predicted molar refractivity (Wildman–Crippen MR) is 89.5 cm³/mol. The van der Waals surface area contributed by atoms with Crippen LogP contribution in [0, 0.1) is 5.41 Å². The Morgan fingerprint density at radius 3 is 2.00 bits per heavy atom. The minimum absolute atomic E-state index is 0.344. The average molecular weight is 335 g/mol. The van der Waals surface area contributed by atoms with Crippen LogP contribution in [0.4, 0.5) is 0 Å². The molecule has 0 amide bonds. The SMILES string of the molecule is CC(C)(CCOc1ccc(Oc2ccc(Cl)cc2)cc1)C(=O)O. The molecule has 0 radical (unpaired) electrons. The molecule has 0 aromatic heterocycles. The highest BCUT2D eigenvalue weighted by Crippen LogP contribution is 2.26. The zero-order chi connectivity index (χ0) is 16.9. The van der Waals surface area contributed by atoms with Crippen molar-refractivity contribution in [3.63, 3.8) is 0 Å². The molecule has 0 saturated carbocycles. The van der Waals surface area contributed by atoms with Crippen molar-refractivity contribution in [3.05, 3.63) is 53.6 Å². The van der Waals surface area contributed by atoms with E-state index in [1.54, 1.807) is 62.4 Å². The van der Waals surface area contributed by atoms with Crippen molar-refractivity contribution in [2.24, 2.45) is 5.41 Å². The van der Waals surface area contributed by atoms with Crippen LogP contribution < -0.4 is 9.47 Å². The molecule has 23 heavy (non-hydrogen) atoms. The van der Waals surface area contributed by atoms with E-state index >= 15 is 0 Å². The summed E-state index contributed by atoms with van der Waals surface area (Å²) in [5, 5.41) is 9.71. The molecule has 0 bridgehead atoms. The van der Waals surface area contributed by atoms with Gasteiger partial charge in [-0.1, -0.05) is 11.6 Å². The first kappa shape index (κ1) is 17.2. The zero-order valence-corrected chi connectivity index (χ0v) is 13.8. The lowest BCUT2D eigenvalue weighted by Gasteiger charge is -2.18. The maximum Gasteiger partial charge on any atom is 0.309 e. The summed E-state index contributed by atoms with van der Waals surface area (Å²) in [5.41, 5.74) is -0.794. The van der Waals surface area contributed by atoms with Gasteiger partial charge in [-0.05, 0) is 68.8 Å². The van der Waals surface area contributed by atoms with E-state index in [9.17, 15) is 4.79 Å². The van der Waals surface area contributed by atoms with Gasteiger partial charge in [-0.15, -0.1) is 0 Å². The topological polar surface area (TPSA) is 55.8 Å². The summed E-state index contributed by atoms with van der Waals surface area (Å²) in [6.45, 7) is 3.71. The Labute approximate surface area is 140 Å². The average Bonchev–Trinajstić information content (AvgIpc) is 2.51. The van der Waals surface area contributed by atoms with Crippen molar-refractivity contribution in [1.82, 2.24) is 0 Å². The molecule has 2 aromatic rings. The lowest BCUT2D eigenvalue weighted by atomic mass is 9.90. The third-order valence-electron chi connectivity index (χ3n) is 3.45. The summed E-state index contributed by atoms with van der Waals surface area (Å²) >= 11 is 5.83. The van der Waals surface area contributed by atoms with Gasteiger partial charge < -0.3 is 14.6 Å². The standard InChI is InChI=1S/C18H19ClO4/c1-18(2,17(20)21)11-12-22-14-7-9-16(10-8-14)23-15-5-3-13(19)4-6-15/h3-10H,11-12H2,1-2H3,(H,20,21). The summed E-state index contributed by atoms with van der Waals surface area (Å²) in [6.07, 6.45) is 0.436. The van der Waals surface area contributed by atoms with Gasteiger partial charge >= 0.3 is 5.97 Å². The van der Waals surface area contributed by atoms with Crippen molar-refractivity contribution in [2.75, 3.05) is 6.61 Å². The number of carboxylic acid groups (broad SMARTS) is 1. The quantitative estimate of drug-likeness (QED) is 0.773. The van der Waals surface area contributed by atoms with E-state index in [2.05, 4.69) is 0 Å². The van der Waals surface area contributed by atoms with E-state index in [1.807, 2.05) is 0 Å². The monoisotopic (exact) mass is 334 g/mol. The van der Waals surface area contributed by atoms with E-state index in [-0.39, 0.29) is 0 Å². The molecule has 2 aromatic carbocycles. The lowest BCUT2D eigenvalue weighted by Crippen LogP contribution is -2.25. The van der Waals surface area contributed by atoms with Crippen LogP contribution in [0.1, 0.15) is 20.3 Å². The molecule has 0 spiro atoms. The fourth-order valence-corrected chi connectivity index (χ4v) is 1.90. The van der Waals surface area contributed by atoms with Gasteiger partial charge in [-0.25, -0.2) is 0 Å². The van der Waals surface area contributed by atoms with Crippen LogP contribution in [0.25, 0.3) is 0 Å². The van der Waals surface area contributed by atoms with Crippen LogP contribution in [-0.4, -0.2) is 17.7 Å². The van der Waals surface area contributed by atoms with Crippen LogP contribution in [0.3, 0.4) is 0 Å². The summed E-state index contributed by atoms with van der Waals surface area (Å²) < 4.78 is 11.3. The summed E-state index contributed by atoms with van der Waals surface area (Å²) in [5.74, 6) is 1.24. The van der Waals surface area contributed by atoms with Gasteiger partial charge in [0.1, 0.15) is 17.2 Å². The number of hydrogen-bond donors (Lipinski definition) is 1. The van der Waals surface area contributed by atoms with Crippen LogP contribution in [0.15, 0.2) is 48.5 Å². The fourth-order valence-electron chi connectivity index (χ4n) is 1.77. The van der Waals surface area contributed by atoms with Crippen molar-refractivity contribution in [2.45, 2.75) is 20.3 Å². The van der Waals surface area contributed by atoms with Crippen molar-refractivity contribution in [1.29, 1.82) is 0 Å². The molecule has 5 heteroatoms. The summed E-state index contributed by atoms with van der Waals surface area (Å²) in [4.78, 5) is 11.0. The Bertz CT molecular complexity index is 648. The Kier molecular flexibility index (Phi) is 5.50. The molecule has 0 atom stereocenters. The molecular formula is C18H19ClO4. The highest BCUT2D eigenvalue weighted by Gasteiger charge is 2.26. The van der Waals surface area contributed by atoms with Gasteiger partial charge in [0.2, 0.25) is 0 Å². The molecule has 0 fully saturated rings. The molecular weight excluding hydrogens is 316 g/mol. The van der Waals surface area contributed by atoms with Gasteiger partial charge in [-0.2, -0.15) is 0 Å². The van der Waals surface area contributed by atoms with E-state index in [1.165, 1.54) is 0 Å². The molecule has 122 valence electrons. The first-order chi connectivity index (χ1) is 10.9. The smallest absolute Gasteiger partial charge is 0.309 e.